The van der Waals surface area contributed by atoms with Gasteiger partial charge in [0.1, 0.15) is 17.4 Å². The van der Waals surface area contributed by atoms with Crippen molar-refractivity contribution in [3.05, 3.63) is 94.7 Å². The van der Waals surface area contributed by atoms with Gasteiger partial charge in [0, 0.05) is 49.7 Å². The van der Waals surface area contributed by atoms with Gasteiger partial charge in [0.05, 0.1) is 23.6 Å². The summed E-state index contributed by atoms with van der Waals surface area (Å²) in [5.41, 5.74) is 7.41. The van der Waals surface area contributed by atoms with Gasteiger partial charge in [0.2, 0.25) is 0 Å². The molecule has 1 aliphatic rings. The normalized spacial score (nSPS) is 16.5. The monoisotopic (exact) mass is 577 g/mol. The Balaban J connectivity index is 1.37. The molecule has 2 atom stereocenters. The summed E-state index contributed by atoms with van der Waals surface area (Å²) in [4.78, 5) is 20.3. The van der Waals surface area contributed by atoms with Crippen LogP contribution in [0.1, 0.15) is 60.9 Å². The van der Waals surface area contributed by atoms with E-state index in [0.717, 1.165) is 76.0 Å². The Kier molecular flexibility index (Phi) is 7.65. The van der Waals surface area contributed by atoms with Crippen molar-refractivity contribution in [3.8, 4) is 5.75 Å². The van der Waals surface area contributed by atoms with E-state index in [1.54, 1.807) is 4.68 Å². The lowest BCUT2D eigenvalue weighted by Crippen LogP contribution is -2.34. The number of fused-ring (bicyclic) bond motifs is 3. The van der Waals surface area contributed by atoms with Crippen molar-refractivity contribution in [2.24, 2.45) is 12.5 Å². The van der Waals surface area contributed by atoms with Crippen molar-refractivity contribution < 1.29 is 14.3 Å². The van der Waals surface area contributed by atoms with Crippen molar-refractivity contribution in [2.45, 2.75) is 59.2 Å². The molecule has 0 radical (unpaired) electrons. The number of nitrogens with zero attached hydrogens (tertiary/aromatic N) is 5. The first kappa shape index (κ1) is 28.8. The molecule has 0 amide bonds. The number of pyridine rings is 1. The first-order valence-corrected chi connectivity index (χ1v) is 14.9. The fraction of sp³-hybridized carbons (Fsp3) is 0.371. The predicted molar refractivity (Wildman–Crippen MR) is 168 cm³/mol. The van der Waals surface area contributed by atoms with Gasteiger partial charge < -0.3 is 9.47 Å². The van der Waals surface area contributed by atoms with Crippen LogP contribution in [0.15, 0.2) is 66.9 Å². The molecule has 0 saturated carbocycles. The van der Waals surface area contributed by atoms with Gasteiger partial charge in [-0.15, -0.1) is 5.10 Å². The van der Waals surface area contributed by atoms with Crippen LogP contribution in [0, 0.1) is 12.3 Å². The van der Waals surface area contributed by atoms with Crippen molar-refractivity contribution in [2.75, 3.05) is 13.7 Å². The zero-order valence-electron chi connectivity index (χ0n) is 25.8. The summed E-state index contributed by atoms with van der Waals surface area (Å²) >= 11 is 0. The van der Waals surface area contributed by atoms with E-state index in [-0.39, 0.29) is 18.0 Å². The first-order valence-electron chi connectivity index (χ1n) is 14.9. The highest BCUT2D eigenvalue weighted by atomic mass is 16.5. The number of hydrogen-bond donors (Lipinski definition) is 0. The van der Waals surface area contributed by atoms with Crippen molar-refractivity contribution in [1.29, 1.82) is 0 Å². The maximum Gasteiger partial charge on any atom is 0.312 e. The summed E-state index contributed by atoms with van der Waals surface area (Å²) in [6.45, 7) is 10.5. The summed E-state index contributed by atoms with van der Waals surface area (Å²) in [6, 6.07) is 21.1. The second kappa shape index (κ2) is 11.4. The van der Waals surface area contributed by atoms with E-state index in [0.29, 0.717) is 0 Å². The molecule has 2 aromatic heterocycles. The average Bonchev–Trinajstić information content (AvgIpc) is 3.29. The SMILES string of the molecule is CC[C@@H]1CN(Cc2cccc(C(c3ccc4c(nnn4C)c3C)C(C)(C)C(=O)OC)c2)Cc2cc3ncccc3cc2O1. The number of methoxy groups -OCH3 is 1. The Morgan fingerprint density at radius 2 is 1.98 bits per heavy atom. The Morgan fingerprint density at radius 1 is 1.14 bits per heavy atom. The van der Waals surface area contributed by atoms with Crippen LogP contribution in [0.25, 0.3) is 21.9 Å². The quantitative estimate of drug-likeness (QED) is 0.209. The van der Waals surface area contributed by atoms with Crippen molar-refractivity contribution in [1.82, 2.24) is 24.9 Å². The molecule has 3 heterocycles. The molecule has 43 heavy (non-hydrogen) atoms. The minimum Gasteiger partial charge on any atom is -0.489 e. The van der Waals surface area contributed by atoms with Gasteiger partial charge in [0.25, 0.3) is 0 Å². The molecule has 8 heteroatoms. The highest BCUT2D eigenvalue weighted by Gasteiger charge is 2.41. The molecule has 0 aliphatic carbocycles. The second-order valence-electron chi connectivity index (χ2n) is 12.2. The van der Waals surface area contributed by atoms with Crippen molar-refractivity contribution >= 4 is 27.9 Å². The van der Waals surface area contributed by atoms with Gasteiger partial charge in [0.15, 0.2) is 0 Å². The van der Waals surface area contributed by atoms with Crippen LogP contribution in [0.3, 0.4) is 0 Å². The van der Waals surface area contributed by atoms with E-state index in [1.807, 2.05) is 39.2 Å². The van der Waals surface area contributed by atoms with E-state index >= 15 is 0 Å². The lowest BCUT2D eigenvalue weighted by molar-refractivity contribution is -0.151. The third kappa shape index (κ3) is 5.36. The van der Waals surface area contributed by atoms with Gasteiger partial charge in [-0.05, 0) is 73.7 Å². The van der Waals surface area contributed by atoms with Crippen LogP contribution in [-0.2, 0) is 29.7 Å². The number of hydrogen-bond acceptors (Lipinski definition) is 7. The summed E-state index contributed by atoms with van der Waals surface area (Å²) in [5.74, 6) is 0.438. The highest BCUT2D eigenvalue weighted by Crippen LogP contribution is 2.44. The zero-order valence-corrected chi connectivity index (χ0v) is 25.8. The smallest absolute Gasteiger partial charge is 0.312 e. The number of aromatic nitrogens is 4. The fourth-order valence-electron chi connectivity index (χ4n) is 6.58. The average molecular weight is 578 g/mol. The molecule has 222 valence electrons. The Hall–Kier alpha value is -4.30. The van der Waals surface area contributed by atoms with Gasteiger partial charge >= 0.3 is 5.97 Å². The minimum atomic E-state index is -0.829. The molecule has 0 bridgehead atoms. The largest absolute Gasteiger partial charge is 0.489 e. The van der Waals surface area contributed by atoms with Crippen LogP contribution in [0.5, 0.6) is 5.75 Å². The minimum absolute atomic E-state index is 0.0888. The maximum absolute atomic E-state index is 13.2. The number of aryl methyl sites for hydroxylation is 2. The van der Waals surface area contributed by atoms with E-state index in [2.05, 4.69) is 82.6 Å². The number of carbonyl (C=O) groups is 1. The molecule has 0 saturated heterocycles. The van der Waals surface area contributed by atoms with Gasteiger partial charge in [-0.3, -0.25) is 14.7 Å². The van der Waals surface area contributed by atoms with Crippen LogP contribution < -0.4 is 4.74 Å². The molecular formula is C35H39N5O3. The third-order valence-electron chi connectivity index (χ3n) is 8.90. The maximum atomic E-state index is 13.2. The molecule has 0 N–H and O–H groups in total. The Labute approximate surface area is 252 Å². The zero-order chi connectivity index (χ0) is 30.3. The highest BCUT2D eigenvalue weighted by molar-refractivity contribution is 5.83. The van der Waals surface area contributed by atoms with Gasteiger partial charge in [-0.25, -0.2) is 4.68 Å². The first-order chi connectivity index (χ1) is 20.7. The second-order valence-corrected chi connectivity index (χ2v) is 12.2. The van der Waals surface area contributed by atoms with Crippen LogP contribution in [-0.4, -0.2) is 50.6 Å². The Morgan fingerprint density at radius 3 is 2.77 bits per heavy atom. The summed E-state index contributed by atoms with van der Waals surface area (Å²) in [5, 5.41) is 9.75. The number of esters is 1. The molecule has 3 aromatic carbocycles. The number of benzene rings is 3. The Bertz CT molecular complexity index is 1810. The summed E-state index contributed by atoms with van der Waals surface area (Å²) in [7, 11) is 3.35. The molecule has 8 nitrogen and oxygen atoms in total. The summed E-state index contributed by atoms with van der Waals surface area (Å²) in [6.07, 6.45) is 2.84. The topological polar surface area (TPSA) is 82.4 Å². The van der Waals surface area contributed by atoms with Gasteiger partial charge in [-0.2, -0.15) is 0 Å². The van der Waals surface area contributed by atoms with E-state index in [4.69, 9.17) is 9.47 Å². The molecule has 6 rings (SSSR count). The van der Waals surface area contributed by atoms with Crippen LogP contribution in [0.2, 0.25) is 0 Å². The third-order valence-corrected chi connectivity index (χ3v) is 8.90. The van der Waals surface area contributed by atoms with Crippen LogP contribution >= 0.6 is 0 Å². The van der Waals surface area contributed by atoms with E-state index in [9.17, 15) is 4.79 Å². The van der Waals surface area contributed by atoms with Crippen LogP contribution in [0.4, 0.5) is 0 Å². The molecular weight excluding hydrogens is 538 g/mol. The lowest BCUT2D eigenvalue weighted by Gasteiger charge is -2.34. The molecule has 5 aromatic rings. The summed E-state index contributed by atoms with van der Waals surface area (Å²) < 4.78 is 13.6. The lowest BCUT2D eigenvalue weighted by atomic mass is 9.70. The number of ether oxygens (including phenoxy) is 2. The predicted octanol–water partition coefficient (Wildman–Crippen LogP) is 6.33. The van der Waals surface area contributed by atoms with E-state index in [1.165, 1.54) is 12.7 Å². The molecule has 1 unspecified atom stereocenters. The van der Waals surface area contributed by atoms with E-state index < -0.39 is 5.41 Å². The standard InChI is InChI=1S/C35H39N5O3/c1-7-27-21-40(20-26-17-29-24(12-9-15-36-29)18-31(26)43-27)19-23-10-8-11-25(16-23)32(35(3,4)34(41)42-6)28-13-14-30-33(22(28)2)37-38-39(30)5/h8-18,27,32H,7,19-21H2,1-6H3/t27-,32?/m1/s1. The fourth-order valence-corrected chi connectivity index (χ4v) is 6.58. The van der Waals surface area contributed by atoms with Crippen molar-refractivity contribution in [3.63, 3.8) is 0 Å². The molecule has 0 spiro atoms. The van der Waals surface area contributed by atoms with Gasteiger partial charge in [-0.1, -0.05) is 48.5 Å². The number of rotatable bonds is 7. The molecule has 0 fully saturated rings. The molecule has 1 aliphatic heterocycles. The number of carbonyl (C=O) groups excluding carboxylic acids is 1.